The lowest BCUT2D eigenvalue weighted by molar-refractivity contribution is 0.0738. The second kappa shape index (κ2) is 12.3. The first-order valence-electron chi connectivity index (χ1n) is 10.9. The minimum atomic E-state index is 0.878. The zero-order chi connectivity index (χ0) is 17.1. The number of hydrogen-bond donors (Lipinski definition) is 0. The predicted molar refractivity (Wildman–Crippen MR) is 105 cm³/mol. The average Bonchev–Trinajstić information content (AvgIpc) is 2.56. The van der Waals surface area contributed by atoms with Gasteiger partial charge >= 0.3 is 0 Å². The molecule has 1 fully saturated rings. The van der Waals surface area contributed by atoms with E-state index in [4.69, 9.17) is 0 Å². The molecule has 1 saturated heterocycles. The molecule has 1 heteroatoms. The van der Waals surface area contributed by atoms with Crippen LogP contribution in [0.3, 0.4) is 0 Å². The summed E-state index contributed by atoms with van der Waals surface area (Å²) in [7, 11) is 0. The van der Waals surface area contributed by atoms with Crippen LogP contribution in [0.2, 0.25) is 0 Å². The molecule has 4 atom stereocenters. The molecular formula is C22H45N. The molecule has 1 aliphatic heterocycles. The minimum absolute atomic E-state index is 0.878. The number of likely N-dealkylation sites (tertiary alicyclic amines) is 1. The highest BCUT2D eigenvalue weighted by molar-refractivity contribution is 4.83. The van der Waals surface area contributed by atoms with Crippen molar-refractivity contribution in [3.63, 3.8) is 0 Å². The van der Waals surface area contributed by atoms with E-state index in [1.165, 1.54) is 83.7 Å². The first-order valence-corrected chi connectivity index (χ1v) is 10.9. The van der Waals surface area contributed by atoms with Crippen molar-refractivity contribution < 1.29 is 0 Å². The maximum atomic E-state index is 2.91. The van der Waals surface area contributed by atoms with Crippen LogP contribution in [0.5, 0.6) is 0 Å². The van der Waals surface area contributed by atoms with Crippen LogP contribution in [-0.2, 0) is 0 Å². The quantitative estimate of drug-likeness (QED) is 0.377. The number of rotatable bonds is 12. The molecule has 1 aliphatic rings. The van der Waals surface area contributed by atoms with Crippen LogP contribution in [0.15, 0.2) is 0 Å². The Morgan fingerprint density at radius 1 is 0.870 bits per heavy atom. The molecule has 0 amide bonds. The van der Waals surface area contributed by atoms with Gasteiger partial charge in [0.05, 0.1) is 0 Å². The summed E-state index contributed by atoms with van der Waals surface area (Å²) < 4.78 is 0. The number of unbranched alkanes of at least 4 members (excludes halogenated alkanes) is 2. The van der Waals surface area contributed by atoms with Gasteiger partial charge in [0, 0.05) is 19.1 Å². The van der Waals surface area contributed by atoms with Crippen molar-refractivity contribution in [2.75, 3.05) is 13.1 Å². The fraction of sp³-hybridized carbons (Fsp3) is 1.00. The smallest absolute Gasteiger partial charge is 0.00982 e. The highest BCUT2D eigenvalue weighted by Crippen LogP contribution is 2.30. The minimum Gasteiger partial charge on any atom is -0.300 e. The van der Waals surface area contributed by atoms with Gasteiger partial charge in [-0.3, -0.25) is 4.90 Å². The third-order valence-electron chi connectivity index (χ3n) is 6.24. The number of piperidine rings is 1. The third-order valence-corrected chi connectivity index (χ3v) is 6.24. The van der Waals surface area contributed by atoms with E-state index in [0.29, 0.717) is 0 Å². The van der Waals surface area contributed by atoms with Gasteiger partial charge in [0.1, 0.15) is 0 Å². The molecule has 0 bridgehead atoms. The summed E-state index contributed by atoms with van der Waals surface area (Å²) >= 11 is 0. The van der Waals surface area contributed by atoms with Crippen LogP contribution in [0, 0.1) is 17.8 Å². The van der Waals surface area contributed by atoms with Crippen molar-refractivity contribution in [3.05, 3.63) is 0 Å². The normalized spacial score (nSPS) is 25.4. The van der Waals surface area contributed by atoms with Gasteiger partial charge in [-0.25, -0.2) is 0 Å². The van der Waals surface area contributed by atoms with Crippen molar-refractivity contribution in [2.24, 2.45) is 17.8 Å². The Labute approximate surface area is 147 Å². The van der Waals surface area contributed by atoms with E-state index in [1.54, 1.807) is 0 Å². The van der Waals surface area contributed by atoms with E-state index < -0.39 is 0 Å². The van der Waals surface area contributed by atoms with Gasteiger partial charge in [0.15, 0.2) is 0 Å². The monoisotopic (exact) mass is 323 g/mol. The van der Waals surface area contributed by atoms with Crippen molar-refractivity contribution in [3.8, 4) is 0 Å². The highest BCUT2D eigenvalue weighted by atomic mass is 15.2. The summed E-state index contributed by atoms with van der Waals surface area (Å²) in [6.45, 7) is 14.7. The van der Waals surface area contributed by atoms with E-state index >= 15 is 0 Å². The molecule has 0 aromatic heterocycles. The fourth-order valence-electron chi connectivity index (χ4n) is 4.41. The molecule has 0 aromatic carbocycles. The zero-order valence-electron chi connectivity index (χ0n) is 16.9. The van der Waals surface area contributed by atoms with Gasteiger partial charge < -0.3 is 0 Å². The highest BCUT2D eigenvalue weighted by Gasteiger charge is 2.29. The summed E-state index contributed by atoms with van der Waals surface area (Å²) in [6, 6.07) is 0.878. The fourth-order valence-corrected chi connectivity index (χ4v) is 4.41. The molecule has 0 spiro atoms. The lowest BCUT2D eigenvalue weighted by Gasteiger charge is -2.42. The van der Waals surface area contributed by atoms with Crippen molar-refractivity contribution in [1.29, 1.82) is 0 Å². The largest absolute Gasteiger partial charge is 0.300 e. The average molecular weight is 324 g/mol. The van der Waals surface area contributed by atoms with Gasteiger partial charge in [-0.15, -0.1) is 0 Å². The molecule has 1 heterocycles. The second-order valence-corrected chi connectivity index (χ2v) is 8.36. The predicted octanol–water partition coefficient (Wildman–Crippen LogP) is 6.91. The summed E-state index contributed by atoms with van der Waals surface area (Å²) in [5.74, 6) is 2.80. The molecule has 0 radical (unpaired) electrons. The Hall–Kier alpha value is -0.0400. The van der Waals surface area contributed by atoms with Crippen LogP contribution >= 0.6 is 0 Å². The van der Waals surface area contributed by atoms with E-state index in [9.17, 15) is 0 Å². The van der Waals surface area contributed by atoms with Gasteiger partial charge in [-0.05, 0) is 43.4 Å². The molecule has 138 valence electrons. The van der Waals surface area contributed by atoms with Gasteiger partial charge in [-0.1, -0.05) is 79.6 Å². The topological polar surface area (TPSA) is 3.24 Å². The lowest BCUT2D eigenvalue weighted by Crippen LogP contribution is -2.45. The van der Waals surface area contributed by atoms with Crippen molar-refractivity contribution in [1.82, 2.24) is 4.90 Å². The van der Waals surface area contributed by atoms with Crippen LogP contribution in [0.1, 0.15) is 105 Å². The lowest BCUT2D eigenvalue weighted by atomic mass is 9.84. The second-order valence-electron chi connectivity index (χ2n) is 8.36. The van der Waals surface area contributed by atoms with Crippen LogP contribution in [0.4, 0.5) is 0 Å². The Morgan fingerprint density at radius 2 is 1.48 bits per heavy atom. The molecule has 0 N–H and O–H groups in total. The standard InChI is InChI=1S/C22H45N/c1-6-10-12-20(8-3)16-22-15-14-19(5)17-23(22)18-21(9-4)13-11-7-2/h19-22H,6-18H2,1-5H3. The zero-order valence-corrected chi connectivity index (χ0v) is 16.9. The van der Waals surface area contributed by atoms with Crippen molar-refractivity contribution >= 4 is 0 Å². The molecule has 0 aromatic rings. The SMILES string of the molecule is CCCCC(CC)CC1CCC(C)CN1CC(CC)CCCC. The summed E-state index contributed by atoms with van der Waals surface area (Å²) in [6.07, 6.45) is 15.6. The molecule has 23 heavy (non-hydrogen) atoms. The summed E-state index contributed by atoms with van der Waals surface area (Å²) in [5.41, 5.74) is 0. The van der Waals surface area contributed by atoms with E-state index in [-0.39, 0.29) is 0 Å². The summed E-state index contributed by atoms with van der Waals surface area (Å²) in [4.78, 5) is 2.91. The molecule has 0 saturated carbocycles. The van der Waals surface area contributed by atoms with Gasteiger partial charge in [0.25, 0.3) is 0 Å². The Balaban J connectivity index is 2.58. The maximum Gasteiger partial charge on any atom is 0.00982 e. The van der Waals surface area contributed by atoms with E-state index in [1.807, 2.05) is 0 Å². The van der Waals surface area contributed by atoms with E-state index in [0.717, 1.165) is 23.8 Å². The van der Waals surface area contributed by atoms with Crippen LogP contribution < -0.4 is 0 Å². The van der Waals surface area contributed by atoms with Crippen molar-refractivity contribution in [2.45, 2.75) is 111 Å². The molecule has 1 rings (SSSR count). The number of hydrogen-bond acceptors (Lipinski definition) is 1. The number of nitrogens with zero attached hydrogens (tertiary/aromatic N) is 1. The summed E-state index contributed by atoms with van der Waals surface area (Å²) in [5, 5.41) is 0. The maximum absolute atomic E-state index is 2.91. The molecule has 1 nitrogen and oxygen atoms in total. The van der Waals surface area contributed by atoms with E-state index in [2.05, 4.69) is 39.5 Å². The van der Waals surface area contributed by atoms with Gasteiger partial charge in [-0.2, -0.15) is 0 Å². The Kier molecular flexibility index (Phi) is 11.3. The molecular weight excluding hydrogens is 278 g/mol. The van der Waals surface area contributed by atoms with Crippen LogP contribution in [0.25, 0.3) is 0 Å². The molecule has 0 aliphatic carbocycles. The Bertz CT molecular complexity index is 275. The Morgan fingerprint density at radius 3 is 2.04 bits per heavy atom. The third kappa shape index (κ3) is 8.05. The first kappa shape index (κ1) is 21.0. The molecule has 4 unspecified atom stereocenters. The first-order chi connectivity index (χ1) is 11.1. The van der Waals surface area contributed by atoms with Crippen LogP contribution in [-0.4, -0.2) is 24.0 Å². The van der Waals surface area contributed by atoms with Gasteiger partial charge in [0.2, 0.25) is 0 Å².